The molecular weight excluding hydrogens is 434 g/mol. The number of nitrogens with two attached hydrogens (primary N) is 1. The van der Waals surface area contributed by atoms with Gasteiger partial charge in [-0.15, -0.1) is 0 Å². The number of phenolic OH excluding ortho intramolecular Hbond substituents is 1. The molecule has 2 amide bonds. The van der Waals surface area contributed by atoms with Gasteiger partial charge in [0.1, 0.15) is 24.2 Å². The topological polar surface area (TPSA) is 166 Å². The van der Waals surface area contributed by atoms with Crippen LogP contribution in [0.5, 0.6) is 5.75 Å². The summed E-state index contributed by atoms with van der Waals surface area (Å²) in [6.07, 6.45) is 0.203. The fourth-order valence-electron chi connectivity index (χ4n) is 3.43. The van der Waals surface area contributed by atoms with Gasteiger partial charge >= 0.3 is 0 Å². The van der Waals surface area contributed by atoms with Gasteiger partial charge in [-0.1, -0.05) is 24.3 Å². The van der Waals surface area contributed by atoms with Crippen LogP contribution >= 0.6 is 0 Å². The van der Waals surface area contributed by atoms with E-state index in [0.717, 1.165) is 5.56 Å². The molecule has 1 aliphatic heterocycles. The summed E-state index contributed by atoms with van der Waals surface area (Å²) in [6.45, 7) is 1.27. The van der Waals surface area contributed by atoms with Crippen LogP contribution in [0.4, 0.5) is 5.69 Å². The number of phenols is 1. The molecule has 0 bridgehead atoms. The van der Waals surface area contributed by atoms with E-state index in [4.69, 9.17) is 11.1 Å². The average Bonchev–Trinajstić information content (AvgIpc) is 2.74. The minimum absolute atomic E-state index is 0.0835. The average molecular weight is 460 g/mol. The third-order valence-electron chi connectivity index (χ3n) is 5.12. The van der Waals surface area contributed by atoms with E-state index in [-0.39, 0.29) is 42.4 Å². The van der Waals surface area contributed by atoms with E-state index in [1.54, 1.807) is 30.3 Å². The minimum Gasteiger partial charge on any atom is -0.507 e. The highest BCUT2D eigenvalue weighted by molar-refractivity contribution is 7.89. The largest absolute Gasteiger partial charge is 0.507 e. The number of nitrogens with zero attached hydrogens (tertiary/aromatic N) is 1. The molecule has 0 unspecified atom stereocenters. The summed E-state index contributed by atoms with van der Waals surface area (Å²) in [7, 11) is -3.61. The highest BCUT2D eigenvalue weighted by Gasteiger charge is 2.35. The van der Waals surface area contributed by atoms with Crippen LogP contribution in [-0.4, -0.2) is 49.5 Å². The van der Waals surface area contributed by atoms with Crippen molar-refractivity contribution in [2.24, 2.45) is 5.73 Å². The zero-order chi connectivity index (χ0) is 23.5. The van der Waals surface area contributed by atoms with Gasteiger partial charge in [0.05, 0.1) is 11.3 Å². The lowest BCUT2D eigenvalue weighted by atomic mass is 9.98. The van der Waals surface area contributed by atoms with Crippen molar-refractivity contribution in [3.8, 4) is 5.75 Å². The number of para-hydroxylation sites is 1. The summed E-state index contributed by atoms with van der Waals surface area (Å²) in [4.78, 5) is 26.9. The highest BCUT2D eigenvalue weighted by Crippen LogP contribution is 2.28. The minimum atomic E-state index is -3.61. The van der Waals surface area contributed by atoms with Crippen molar-refractivity contribution in [1.82, 2.24) is 10.0 Å². The summed E-state index contributed by atoms with van der Waals surface area (Å²) in [5.41, 5.74) is 7.46. The third-order valence-corrected chi connectivity index (χ3v) is 6.52. The second-order valence-electron chi connectivity index (χ2n) is 7.37. The Labute approximate surface area is 186 Å². The fraction of sp³-hybridized carbons (Fsp3) is 0.286. The molecule has 0 aliphatic carbocycles. The summed E-state index contributed by atoms with van der Waals surface area (Å²) in [5, 5.41) is 20.0. The number of nitrogen functional groups attached to an aromatic ring is 1. The van der Waals surface area contributed by atoms with Crippen LogP contribution in [0.3, 0.4) is 0 Å². The van der Waals surface area contributed by atoms with Crippen molar-refractivity contribution in [3.05, 3.63) is 59.2 Å². The van der Waals surface area contributed by atoms with Crippen LogP contribution in [0, 0.1) is 5.41 Å². The van der Waals surface area contributed by atoms with Crippen molar-refractivity contribution in [2.45, 2.75) is 25.9 Å². The monoisotopic (exact) mass is 459 g/mol. The fourth-order valence-corrected chi connectivity index (χ4v) is 4.22. The Morgan fingerprint density at radius 3 is 2.66 bits per heavy atom. The number of carbonyl (C=O) groups is 2. The van der Waals surface area contributed by atoms with Crippen molar-refractivity contribution in [2.75, 3.05) is 17.2 Å². The summed E-state index contributed by atoms with van der Waals surface area (Å²) >= 11 is 0. The molecule has 1 heterocycles. The molecule has 10 nitrogen and oxygen atoms in total. The molecule has 0 aromatic heterocycles. The third kappa shape index (κ3) is 5.24. The molecule has 11 heteroatoms. The van der Waals surface area contributed by atoms with E-state index in [1.165, 1.54) is 24.0 Å². The number of aromatic hydroxyl groups is 1. The molecule has 6 N–H and O–H groups in total. The smallest absolute Gasteiger partial charge is 0.245 e. The quantitative estimate of drug-likeness (QED) is 0.279. The number of rotatable bonds is 8. The Bertz CT molecular complexity index is 1160. The van der Waals surface area contributed by atoms with Crippen molar-refractivity contribution < 1.29 is 23.1 Å². The van der Waals surface area contributed by atoms with Gasteiger partial charge in [-0.2, -0.15) is 0 Å². The van der Waals surface area contributed by atoms with E-state index < -0.39 is 27.9 Å². The first-order valence-corrected chi connectivity index (χ1v) is 11.6. The highest BCUT2D eigenvalue weighted by atomic mass is 32.2. The SMILES string of the molecule is CCS(=O)(=O)N[C@@H]1Cc2ccccc2N(CC(=O)NCc2ccc(C(=N)N)c(O)c2)C1=O. The molecule has 0 radical (unpaired) electrons. The van der Waals surface area contributed by atoms with Gasteiger partial charge in [0.15, 0.2) is 0 Å². The molecule has 2 aromatic rings. The van der Waals surface area contributed by atoms with E-state index in [0.29, 0.717) is 11.3 Å². The second kappa shape index (κ2) is 9.37. The number of anilines is 1. The molecule has 32 heavy (non-hydrogen) atoms. The van der Waals surface area contributed by atoms with E-state index in [1.807, 2.05) is 0 Å². The number of amides is 2. The lowest BCUT2D eigenvalue weighted by Gasteiger charge is -2.34. The molecule has 1 atom stereocenters. The predicted molar refractivity (Wildman–Crippen MR) is 120 cm³/mol. The molecule has 0 fully saturated rings. The lowest BCUT2D eigenvalue weighted by molar-refractivity contribution is -0.125. The lowest BCUT2D eigenvalue weighted by Crippen LogP contribution is -2.55. The zero-order valence-corrected chi connectivity index (χ0v) is 18.3. The van der Waals surface area contributed by atoms with Gasteiger partial charge < -0.3 is 21.1 Å². The van der Waals surface area contributed by atoms with Crippen LogP contribution in [0.1, 0.15) is 23.6 Å². The van der Waals surface area contributed by atoms with Crippen LogP contribution in [0.25, 0.3) is 0 Å². The van der Waals surface area contributed by atoms with Gasteiger partial charge in [-0.05, 0) is 42.7 Å². The molecule has 1 aliphatic rings. The van der Waals surface area contributed by atoms with Crippen LogP contribution in [-0.2, 0) is 32.6 Å². The normalized spacial score (nSPS) is 15.8. The molecule has 170 valence electrons. The number of nitrogens with one attached hydrogen (secondary N) is 3. The number of sulfonamides is 1. The van der Waals surface area contributed by atoms with Crippen molar-refractivity contribution >= 4 is 33.4 Å². The van der Waals surface area contributed by atoms with Gasteiger partial charge in [0.25, 0.3) is 0 Å². The van der Waals surface area contributed by atoms with E-state index in [2.05, 4.69) is 10.0 Å². The Kier molecular flexibility index (Phi) is 6.80. The van der Waals surface area contributed by atoms with Gasteiger partial charge in [-0.25, -0.2) is 13.1 Å². The Morgan fingerprint density at radius 2 is 2.00 bits per heavy atom. The maximum Gasteiger partial charge on any atom is 0.245 e. The molecule has 0 saturated heterocycles. The number of hydrogen-bond donors (Lipinski definition) is 5. The van der Waals surface area contributed by atoms with Gasteiger partial charge in [-0.3, -0.25) is 15.0 Å². The standard InChI is InChI=1S/C21H25N5O5S/c1-2-32(30,31)25-16-10-14-5-3-4-6-17(14)26(21(16)29)12-19(28)24-11-13-7-8-15(20(22)23)18(27)9-13/h3-9,16,25,27H,2,10-12H2,1H3,(H3,22,23)(H,24,28)/t16-/m1/s1. The van der Waals surface area contributed by atoms with Crippen LogP contribution in [0.2, 0.25) is 0 Å². The number of hydrogen-bond acceptors (Lipinski definition) is 6. The van der Waals surface area contributed by atoms with Crippen LogP contribution in [0.15, 0.2) is 42.5 Å². The molecule has 0 saturated carbocycles. The Hall–Kier alpha value is -3.44. The summed E-state index contributed by atoms with van der Waals surface area (Å²) < 4.78 is 26.4. The van der Waals surface area contributed by atoms with E-state index in [9.17, 15) is 23.1 Å². The first kappa shape index (κ1) is 23.2. The van der Waals surface area contributed by atoms with Gasteiger partial charge in [0, 0.05) is 12.2 Å². The van der Waals surface area contributed by atoms with Gasteiger partial charge in [0.2, 0.25) is 21.8 Å². The maximum atomic E-state index is 13.0. The first-order valence-electron chi connectivity index (χ1n) is 9.93. The summed E-state index contributed by atoms with van der Waals surface area (Å²) in [5.74, 6) is -1.56. The predicted octanol–water partition coefficient (Wildman–Crippen LogP) is 0.190. The van der Waals surface area contributed by atoms with Crippen molar-refractivity contribution in [3.63, 3.8) is 0 Å². The summed E-state index contributed by atoms with van der Waals surface area (Å²) in [6, 6.07) is 10.5. The number of fused-ring (bicyclic) bond motifs is 1. The molecule has 0 spiro atoms. The number of amidine groups is 1. The second-order valence-corrected chi connectivity index (χ2v) is 9.42. The van der Waals surface area contributed by atoms with Crippen LogP contribution < -0.4 is 20.7 Å². The molecular formula is C21H25N5O5S. The van der Waals surface area contributed by atoms with E-state index >= 15 is 0 Å². The number of carbonyl (C=O) groups excluding carboxylic acids is 2. The number of benzene rings is 2. The Balaban J connectivity index is 1.73. The molecule has 2 aromatic carbocycles. The van der Waals surface area contributed by atoms with Crippen molar-refractivity contribution in [1.29, 1.82) is 5.41 Å². The zero-order valence-electron chi connectivity index (χ0n) is 17.5. The molecule has 3 rings (SSSR count). The first-order chi connectivity index (χ1) is 15.1. The maximum absolute atomic E-state index is 13.0. The Morgan fingerprint density at radius 1 is 1.28 bits per heavy atom.